The van der Waals surface area contributed by atoms with E-state index in [-0.39, 0.29) is 16.1 Å². The molecule has 35 heavy (non-hydrogen) atoms. The number of nitrogens with zero attached hydrogens (tertiary/aromatic N) is 1. The molecule has 174 valence electrons. The predicted molar refractivity (Wildman–Crippen MR) is 141 cm³/mol. The third-order valence-corrected chi connectivity index (χ3v) is 8.62. The first-order valence-electron chi connectivity index (χ1n) is 11.2. The largest absolute Gasteiger partial charge is 0.298 e. The maximum atomic E-state index is 13.2. The molecule has 0 saturated carbocycles. The number of aromatic nitrogens is 1. The van der Waals surface area contributed by atoms with Gasteiger partial charge in [-0.2, -0.15) is 0 Å². The molecule has 0 atom stereocenters. The minimum Gasteiger partial charge on any atom is -0.298 e. The summed E-state index contributed by atoms with van der Waals surface area (Å²) >= 11 is 1.42. The summed E-state index contributed by atoms with van der Waals surface area (Å²) in [5.41, 5.74) is 4.92. The Kier molecular flexibility index (Phi) is 5.09. The average molecular weight is 500 g/mol. The molecule has 0 saturated heterocycles. The lowest BCUT2D eigenvalue weighted by Crippen LogP contribution is -2.18. The fourth-order valence-electron chi connectivity index (χ4n) is 4.61. The Hall–Kier alpha value is -3.75. The third-order valence-electron chi connectivity index (χ3n) is 6.32. The Morgan fingerprint density at radius 2 is 1.71 bits per heavy atom. The van der Waals surface area contributed by atoms with E-state index in [1.54, 1.807) is 48.5 Å². The molecule has 0 radical (unpaired) electrons. The molecule has 8 heteroatoms. The van der Waals surface area contributed by atoms with Gasteiger partial charge < -0.3 is 0 Å². The molecule has 0 spiro atoms. The van der Waals surface area contributed by atoms with Crippen LogP contribution in [-0.4, -0.2) is 19.3 Å². The molecule has 1 aliphatic rings. The minimum absolute atomic E-state index is 0.132. The average Bonchev–Trinajstić information content (AvgIpc) is 3.44. The van der Waals surface area contributed by atoms with Crippen molar-refractivity contribution < 1.29 is 13.2 Å². The van der Waals surface area contributed by atoms with E-state index in [0.29, 0.717) is 5.13 Å². The number of sulfonamides is 1. The number of rotatable bonds is 5. The number of amides is 1. The van der Waals surface area contributed by atoms with Crippen molar-refractivity contribution in [2.24, 2.45) is 0 Å². The van der Waals surface area contributed by atoms with Gasteiger partial charge in [0.2, 0.25) is 0 Å². The lowest BCUT2D eigenvalue weighted by Gasteiger charge is -2.12. The Balaban J connectivity index is 1.32. The summed E-state index contributed by atoms with van der Waals surface area (Å²) in [5.74, 6) is -0.427. The van der Waals surface area contributed by atoms with Gasteiger partial charge in [-0.05, 0) is 66.6 Å². The smallest absolute Gasteiger partial charge is 0.261 e. The monoisotopic (exact) mass is 499 g/mol. The lowest BCUT2D eigenvalue weighted by atomic mass is 10.0. The van der Waals surface area contributed by atoms with Gasteiger partial charge in [0.1, 0.15) is 0 Å². The predicted octanol–water partition coefficient (Wildman–Crippen LogP) is 5.91. The number of anilines is 2. The van der Waals surface area contributed by atoms with Crippen LogP contribution in [0.25, 0.3) is 21.0 Å². The van der Waals surface area contributed by atoms with Crippen LogP contribution in [0, 0.1) is 6.92 Å². The molecule has 1 amide bonds. The fourth-order valence-corrected chi connectivity index (χ4v) is 6.64. The van der Waals surface area contributed by atoms with Gasteiger partial charge in [-0.25, -0.2) is 13.4 Å². The highest BCUT2D eigenvalue weighted by Gasteiger charge is 2.21. The molecule has 1 heterocycles. The summed E-state index contributed by atoms with van der Waals surface area (Å²) in [5, 5.41) is 5.73. The second-order valence-corrected chi connectivity index (χ2v) is 11.4. The van der Waals surface area contributed by atoms with Gasteiger partial charge in [-0.3, -0.25) is 14.8 Å². The Labute approximate surface area is 206 Å². The van der Waals surface area contributed by atoms with Crippen LogP contribution in [0.2, 0.25) is 0 Å². The zero-order valence-electron chi connectivity index (χ0n) is 18.8. The number of carbonyl (C=O) groups excluding carboxylic acids is 1. The number of hydrogen-bond acceptors (Lipinski definition) is 5. The van der Waals surface area contributed by atoms with Crippen LogP contribution >= 0.6 is 11.3 Å². The highest BCUT2D eigenvalue weighted by atomic mass is 32.2. The zero-order valence-corrected chi connectivity index (χ0v) is 20.5. The quantitative estimate of drug-likeness (QED) is 0.315. The second-order valence-electron chi connectivity index (χ2n) is 8.66. The van der Waals surface area contributed by atoms with E-state index in [0.717, 1.165) is 34.0 Å². The van der Waals surface area contributed by atoms with E-state index in [9.17, 15) is 13.2 Å². The Morgan fingerprint density at radius 1 is 0.943 bits per heavy atom. The van der Waals surface area contributed by atoms with Crippen LogP contribution in [0.5, 0.6) is 0 Å². The molecular weight excluding hydrogens is 478 g/mol. The normalized spacial score (nSPS) is 12.8. The number of para-hydroxylation sites is 1. The summed E-state index contributed by atoms with van der Waals surface area (Å²) < 4.78 is 29.4. The highest BCUT2D eigenvalue weighted by Crippen LogP contribution is 2.39. The van der Waals surface area contributed by atoms with E-state index < -0.39 is 15.9 Å². The van der Waals surface area contributed by atoms with Crippen molar-refractivity contribution in [3.05, 3.63) is 95.1 Å². The standard InChI is InChI=1S/C27H21N3O3S2/c1-16-9-13-19(14-10-16)35(32,33)30-22-8-3-2-6-20(22)26(31)29-27-28-25-21-7-4-5-17-11-12-18(24(17)21)15-23(25)34-27/h2-10,13-15,30H,11-12H2,1H3,(H,28,29,31). The van der Waals surface area contributed by atoms with Gasteiger partial charge in [0.05, 0.1) is 26.4 Å². The van der Waals surface area contributed by atoms with Crippen LogP contribution in [-0.2, 0) is 22.9 Å². The number of fused-ring (bicyclic) bond motifs is 2. The van der Waals surface area contributed by atoms with E-state index in [1.165, 1.54) is 27.8 Å². The van der Waals surface area contributed by atoms with Crippen molar-refractivity contribution >= 4 is 59.1 Å². The highest BCUT2D eigenvalue weighted by molar-refractivity contribution is 7.92. The Bertz CT molecular complexity index is 1740. The summed E-state index contributed by atoms with van der Waals surface area (Å²) in [6, 6.07) is 21.6. The van der Waals surface area contributed by atoms with Crippen molar-refractivity contribution in [1.29, 1.82) is 0 Å². The van der Waals surface area contributed by atoms with Crippen LogP contribution in [0.15, 0.2) is 77.7 Å². The van der Waals surface area contributed by atoms with Gasteiger partial charge in [0.25, 0.3) is 15.9 Å². The minimum atomic E-state index is -3.85. The van der Waals surface area contributed by atoms with Gasteiger partial charge in [0.15, 0.2) is 5.13 Å². The number of nitrogens with one attached hydrogen (secondary N) is 2. The first-order chi connectivity index (χ1) is 16.9. The second kappa shape index (κ2) is 8.18. The lowest BCUT2D eigenvalue weighted by molar-refractivity contribution is 0.102. The van der Waals surface area contributed by atoms with Gasteiger partial charge in [-0.1, -0.05) is 59.4 Å². The SMILES string of the molecule is Cc1ccc(S(=O)(=O)Nc2ccccc2C(=O)Nc2nc3c(cc4c5c(cccc53)CC4)s2)cc1. The molecule has 4 aromatic carbocycles. The number of carbonyl (C=O) groups is 1. The van der Waals surface area contributed by atoms with Crippen LogP contribution < -0.4 is 10.0 Å². The number of aryl methyl sites for hydroxylation is 3. The molecule has 1 aliphatic carbocycles. The molecule has 1 aromatic heterocycles. The molecular formula is C27H21N3O3S2. The van der Waals surface area contributed by atoms with Gasteiger partial charge in [0, 0.05) is 5.39 Å². The molecule has 5 aromatic rings. The van der Waals surface area contributed by atoms with Crippen molar-refractivity contribution in [3.63, 3.8) is 0 Å². The fraction of sp³-hybridized carbons (Fsp3) is 0.111. The van der Waals surface area contributed by atoms with E-state index >= 15 is 0 Å². The summed E-state index contributed by atoms with van der Waals surface area (Å²) in [6.45, 7) is 1.89. The first-order valence-corrected chi connectivity index (χ1v) is 13.5. The zero-order chi connectivity index (χ0) is 24.2. The van der Waals surface area contributed by atoms with Crippen molar-refractivity contribution in [1.82, 2.24) is 4.98 Å². The van der Waals surface area contributed by atoms with E-state index in [1.807, 2.05) is 6.92 Å². The van der Waals surface area contributed by atoms with Crippen molar-refractivity contribution in [2.75, 3.05) is 10.0 Å². The first kappa shape index (κ1) is 21.8. The molecule has 6 rings (SSSR count). The van der Waals surface area contributed by atoms with E-state index in [2.05, 4.69) is 34.3 Å². The van der Waals surface area contributed by atoms with Crippen LogP contribution in [0.4, 0.5) is 10.8 Å². The summed E-state index contributed by atoms with van der Waals surface area (Å²) in [4.78, 5) is 18.1. The summed E-state index contributed by atoms with van der Waals surface area (Å²) in [7, 11) is -3.85. The Morgan fingerprint density at radius 3 is 2.54 bits per heavy atom. The van der Waals surface area contributed by atoms with Gasteiger partial charge in [-0.15, -0.1) is 0 Å². The molecule has 0 fully saturated rings. The molecule has 2 N–H and O–H groups in total. The molecule has 0 aliphatic heterocycles. The molecule has 0 unspecified atom stereocenters. The number of hydrogen-bond donors (Lipinski definition) is 2. The van der Waals surface area contributed by atoms with Crippen molar-refractivity contribution in [3.8, 4) is 0 Å². The molecule has 6 nitrogen and oxygen atoms in total. The maximum absolute atomic E-state index is 13.2. The number of thiazole rings is 1. The van der Waals surface area contributed by atoms with Crippen molar-refractivity contribution in [2.45, 2.75) is 24.7 Å². The number of benzene rings is 4. The van der Waals surface area contributed by atoms with Crippen LogP contribution in [0.1, 0.15) is 27.0 Å². The topological polar surface area (TPSA) is 88.2 Å². The summed E-state index contributed by atoms with van der Waals surface area (Å²) in [6.07, 6.45) is 2.06. The maximum Gasteiger partial charge on any atom is 0.261 e. The van der Waals surface area contributed by atoms with Crippen LogP contribution in [0.3, 0.4) is 0 Å². The van der Waals surface area contributed by atoms with E-state index in [4.69, 9.17) is 4.98 Å². The van der Waals surface area contributed by atoms with Gasteiger partial charge >= 0.3 is 0 Å². The third kappa shape index (κ3) is 3.84. The molecule has 0 bridgehead atoms.